The number of fused-ring (bicyclic) bond motifs is 3. The lowest BCUT2D eigenvalue weighted by molar-refractivity contribution is -0.141. The van der Waals surface area contributed by atoms with Crippen LogP contribution in [0.4, 0.5) is 24.7 Å². The molecule has 5 rings (SSSR count). The van der Waals surface area contributed by atoms with Crippen LogP contribution >= 0.6 is 0 Å². The number of nitrogens with one attached hydrogen (secondary N) is 1. The lowest BCUT2D eigenvalue weighted by Crippen LogP contribution is -2.18. The van der Waals surface area contributed by atoms with Gasteiger partial charge in [-0.1, -0.05) is 0 Å². The maximum Gasteiger partial charge on any atom is 0.434 e. The Morgan fingerprint density at radius 2 is 2.09 bits per heavy atom. The molecule has 176 valence electrons. The van der Waals surface area contributed by atoms with Crippen LogP contribution in [0.3, 0.4) is 0 Å². The first-order valence-corrected chi connectivity index (χ1v) is 10.0. The van der Waals surface area contributed by atoms with Gasteiger partial charge in [0.2, 0.25) is 5.91 Å². The zero-order chi connectivity index (χ0) is 24.0. The van der Waals surface area contributed by atoms with Crippen LogP contribution in [-0.2, 0) is 35.5 Å². The predicted octanol–water partition coefficient (Wildman–Crippen LogP) is 2.90. The topological polar surface area (TPSA) is 122 Å². The van der Waals surface area contributed by atoms with Crippen molar-refractivity contribution in [3.8, 4) is 11.4 Å². The minimum absolute atomic E-state index is 0.314. The van der Waals surface area contributed by atoms with E-state index in [1.807, 2.05) is 4.57 Å². The van der Waals surface area contributed by atoms with Gasteiger partial charge in [0.25, 0.3) is 0 Å². The summed E-state index contributed by atoms with van der Waals surface area (Å²) in [7, 11) is 1.44. The van der Waals surface area contributed by atoms with Gasteiger partial charge < -0.3 is 29.7 Å². The van der Waals surface area contributed by atoms with E-state index >= 15 is 0 Å². The molecule has 0 unspecified atom stereocenters. The monoisotopic (exact) mass is 473 g/mol. The number of hydrogen-bond donors (Lipinski definition) is 2. The van der Waals surface area contributed by atoms with Crippen molar-refractivity contribution >= 4 is 28.4 Å². The molecule has 0 aliphatic carbocycles. The second kappa shape index (κ2) is 8.02. The Morgan fingerprint density at radius 1 is 1.26 bits per heavy atom. The first kappa shape index (κ1) is 21.7. The molecule has 1 aromatic carbocycles. The fourth-order valence-electron chi connectivity index (χ4n) is 3.95. The number of methoxy groups -OCH3 is 1. The number of carbonyl (C=O) groups is 1. The average molecular weight is 473 g/mol. The van der Waals surface area contributed by atoms with Crippen molar-refractivity contribution in [2.24, 2.45) is 0 Å². The van der Waals surface area contributed by atoms with Crippen LogP contribution in [0.1, 0.15) is 17.0 Å². The van der Waals surface area contributed by atoms with Crippen molar-refractivity contribution in [2.45, 2.75) is 25.9 Å². The summed E-state index contributed by atoms with van der Waals surface area (Å²) in [6, 6.07) is 5.09. The number of alkyl halides is 3. The van der Waals surface area contributed by atoms with Gasteiger partial charge in [-0.05, 0) is 12.1 Å². The number of nitrogen functional groups attached to an aromatic ring is 1. The largest absolute Gasteiger partial charge is 0.494 e. The van der Waals surface area contributed by atoms with Gasteiger partial charge in [0.05, 0.1) is 38.0 Å². The summed E-state index contributed by atoms with van der Waals surface area (Å²) < 4.78 is 52.2. The standard InChI is InChI=1S/C21H18F3N7O3/c1-33-15-4-11(31-14-8-34-7-12(14)18-19(31)20(25)27-9-26-18)2-3-13(15)29-17(32)6-30-5-16(28-10-30)21(22,23)24/h2-5,9-10H,6-8H2,1H3,(H,29,32)(H2,25,26,27). The smallest absolute Gasteiger partial charge is 0.434 e. The molecule has 13 heteroatoms. The molecule has 10 nitrogen and oxygen atoms in total. The van der Waals surface area contributed by atoms with Gasteiger partial charge in [-0.2, -0.15) is 13.2 Å². The quantitative estimate of drug-likeness (QED) is 0.457. The van der Waals surface area contributed by atoms with Gasteiger partial charge in [-0.25, -0.2) is 15.0 Å². The molecule has 3 N–H and O–H groups in total. The first-order chi connectivity index (χ1) is 16.3. The van der Waals surface area contributed by atoms with Gasteiger partial charge in [-0.3, -0.25) is 4.79 Å². The molecule has 0 fully saturated rings. The molecule has 0 saturated carbocycles. The highest BCUT2D eigenvalue weighted by molar-refractivity contribution is 5.93. The zero-order valence-electron chi connectivity index (χ0n) is 17.8. The van der Waals surface area contributed by atoms with Crippen LogP contribution in [0, 0.1) is 0 Å². The SMILES string of the molecule is COc1cc(-n2c3c(c4ncnc(N)c42)COC3)ccc1NC(=O)Cn1cnc(C(F)(F)F)c1. The van der Waals surface area contributed by atoms with Crippen LogP contribution in [-0.4, -0.2) is 37.1 Å². The number of benzene rings is 1. The highest BCUT2D eigenvalue weighted by Gasteiger charge is 2.33. The van der Waals surface area contributed by atoms with Gasteiger partial charge in [0.15, 0.2) is 11.5 Å². The summed E-state index contributed by atoms with van der Waals surface area (Å²) in [6.45, 7) is 0.427. The molecule has 0 atom stereocenters. The van der Waals surface area contributed by atoms with Gasteiger partial charge in [-0.15, -0.1) is 0 Å². The molecule has 4 heterocycles. The third kappa shape index (κ3) is 3.69. The van der Waals surface area contributed by atoms with E-state index in [4.69, 9.17) is 15.2 Å². The van der Waals surface area contributed by atoms with E-state index in [0.717, 1.165) is 28.3 Å². The molecule has 1 amide bonds. The minimum Gasteiger partial charge on any atom is -0.494 e. The number of nitrogens with two attached hydrogens (primary N) is 1. The first-order valence-electron chi connectivity index (χ1n) is 10.0. The number of anilines is 2. The van der Waals surface area contributed by atoms with Crippen LogP contribution in [0.2, 0.25) is 0 Å². The zero-order valence-corrected chi connectivity index (χ0v) is 17.8. The molecule has 34 heavy (non-hydrogen) atoms. The molecule has 0 bridgehead atoms. The third-order valence-electron chi connectivity index (χ3n) is 5.43. The average Bonchev–Trinajstić information content (AvgIpc) is 3.50. The highest BCUT2D eigenvalue weighted by atomic mass is 19.4. The summed E-state index contributed by atoms with van der Waals surface area (Å²) in [5.41, 5.74) is 9.29. The Balaban J connectivity index is 1.44. The number of aromatic nitrogens is 5. The maximum absolute atomic E-state index is 12.7. The highest BCUT2D eigenvalue weighted by Crippen LogP contribution is 2.37. The van der Waals surface area contributed by atoms with E-state index in [1.165, 1.54) is 13.4 Å². The third-order valence-corrected chi connectivity index (χ3v) is 5.43. The van der Waals surface area contributed by atoms with Gasteiger partial charge in [0, 0.05) is 23.5 Å². The maximum atomic E-state index is 12.7. The van der Waals surface area contributed by atoms with Crippen LogP contribution in [0.25, 0.3) is 16.7 Å². The molecule has 1 aliphatic heterocycles. The lowest BCUT2D eigenvalue weighted by Gasteiger charge is -2.15. The van der Waals surface area contributed by atoms with Crippen LogP contribution in [0.5, 0.6) is 5.75 Å². The number of nitrogens with zero attached hydrogens (tertiary/aromatic N) is 5. The Hall–Kier alpha value is -4.13. The van der Waals surface area contributed by atoms with Crippen molar-refractivity contribution in [3.63, 3.8) is 0 Å². The van der Waals surface area contributed by atoms with Crippen LogP contribution in [0.15, 0.2) is 37.1 Å². The van der Waals surface area contributed by atoms with Crippen molar-refractivity contribution in [3.05, 3.63) is 54.0 Å². The summed E-state index contributed by atoms with van der Waals surface area (Å²) in [5, 5.41) is 2.65. The van der Waals surface area contributed by atoms with E-state index in [1.54, 1.807) is 18.2 Å². The minimum atomic E-state index is -4.58. The normalized spacial score (nSPS) is 13.3. The van der Waals surface area contributed by atoms with E-state index in [2.05, 4.69) is 20.3 Å². The Bertz CT molecular complexity index is 1410. The number of rotatable bonds is 5. The predicted molar refractivity (Wildman–Crippen MR) is 114 cm³/mol. The fraction of sp³-hybridized carbons (Fsp3) is 0.238. The van der Waals surface area contributed by atoms with Crippen molar-refractivity contribution < 1.29 is 27.4 Å². The van der Waals surface area contributed by atoms with E-state index in [9.17, 15) is 18.0 Å². The fourth-order valence-corrected chi connectivity index (χ4v) is 3.95. The van der Waals surface area contributed by atoms with E-state index in [0.29, 0.717) is 47.2 Å². The van der Waals surface area contributed by atoms with Gasteiger partial charge >= 0.3 is 6.18 Å². The second-order valence-corrected chi connectivity index (χ2v) is 7.57. The van der Waals surface area contributed by atoms with Crippen molar-refractivity contribution in [1.29, 1.82) is 0 Å². The molecule has 1 aliphatic rings. The number of ether oxygens (including phenoxy) is 2. The van der Waals surface area contributed by atoms with E-state index in [-0.39, 0.29) is 6.54 Å². The molecule has 3 aromatic heterocycles. The van der Waals surface area contributed by atoms with Gasteiger partial charge in [0.1, 0.15) is 29.7 Å². The molecular weight excluding hydrogens is 455 g/mol. The molecule has 0 spiro atoms. The Labute approximate surface area is 190 Å². The molecule has 0 radical (unpaired) electrons. The molecular formula is C21H18F3N7O3. The number of hydrogen-bond acceptors (Lipinski definition) is 7. The second-order valence-electron chi connectivity index (χ2n) is 7.57. The van der Waals surface area contributed by atoms with Crippen molar-refractivity contribution in [2.75, 3.05) is 18.2 Å². The summed E-state index contributed by atoms with van der Waals surface area (Å²) in [5.74, 6) is 0.113. The number of amides is 1. The summed E-state index contributed by atoms with van der Waals surface area (Å²) >= 11 is 0. The Kier molecular flexibility index (Phi) is 5.12. The van der Waals surface area contributed by atoms with Crippen LogP contribution < -0.4 is 15.8 Å². The number of carbonyl (C=O) groups excluding carboxylic acids is 1. The van der Waals surface area contributed by atoms with E-state index < -0.39 is 17.8 Å². The lowest BCUT2D eigenvalue weighted by atomic mass is 10.2. The molecule has 0 saturated heterocycles. The molecule has 4 aromatic rings. The van der Waals surface area contributed by atoms with Crippen molar-refractivity contribution in [1.82, 2.24) is 24.1 Å². The number of imidazole rings is 1. The summed E-state index contributed by atoms with van der Waals surface area (Å²) in [4.78, 5) is 24.2. The number of halogens is 3. The Morgan fingerprint density at radius 3 is 2.82 bits per heavy atom. The summed E-state index contributed by atoms with van der Waals surface area (Å²) in [6.07, 6.45) is -1.46.